The van der Waals surface area contributed by atoms with Gasteiger partial charge in [-0.1, -0.05) is 30.3 Å². The molecule has 1 atom stereocenters. The fourth-order valence-corrected chi connectivity index (χ4v) is 3.45. The summed E-state index contributed by atoms with van der Waals surface area (Å²) in [5.74, 6) is 0. The molecule has 1 aromatic heterocycles. The fourth-order valence-electron chi connectivity index (χ4n) is 3.45. The molecule has 1 unspecified atom stereocenters. The Hall–Kier alpha value is -2.66. The van der Waals surface area contributed by atoms with Crippen LogP contribution in [-0.2, 0) is 6.42 Å². The number of nitrogens with one attached hydrogen (secondary N) is 1. The van der Waals surface area contributed by atoms with Crippen molar-refractivity contribution < 1.29 is 4.92 Å². The summed E-state index contributed by atoms with van der Waals surface area (Å²) in [5, 5.41) is 12.3. The number of H-pyrrole nitrogens is 1. The highest BCUT2D eigenvalue weighted by Crippen LogP contribution is 2.43. The summed E-state index contributed by atoms with van der Waals surface area (Å²) >= 11 is 0. The van der Waals surface area contributed by atoms with E-state index in [1.54, 1.807) is 12.1 Å². The average molecular weight is 293 g/mol. The minimum atomic E-state index is -0.334. The van der Waals surface area contributed by atoms with Crippen LogP contribution < -0.4 is 5.73 Å². The van der Waals surface area contributed by atoms with E-state index in [4.69, 9.17) is 5.73 Å². The van der Waals surface area contributed by atoms with Gasteiger partial charge < -0.3 is 10.7 Å². The Morgan fingerprint density at radius 3 is 2.68 bits per heavy atom. The number of benzene rings is 2. The van der Waals surface area contributed by atoms with Crippen molar-refractivity contribution in [2.75, 3.05) is 0 Å². The van der Waals surface area contributed by atoms with Gasteiger partial charge in [-0.2, -0.15) is 0 Å². The number of aromatic nitrogens is 1. The number of nitro benzene ring substituents is 1. The van der Waals surface area contributed by atoms with Crippen LogP contribution in [0.3, 0.4) is 0 Å². The summed E-state index contributed by atoms with van der Waals surface area (Å²) in [6.07, 6.45) is 1.56. The monoisotopic (exact) mass is 293 g/mol. The molecule has 5 heteroatoms. The van der Waals surface area contributed by atoms with Crippen LogP contribution in [0.25, 0.3) is 22.2 Å². The van der Waals surface area contributed by atoms with Gasteiger partial charge in [0.1, 0.15) is 0 Å². The summed E-state index contributed by atoms with van der Waals surface area (Å²) in [4.78, 5) is 14.4. The predicted molar refractivity (Wildman–Crippen MR) is 85.6 cm³/mol. The minimum Gasteiger partial charge on any atom is -0.354 e. The van der Waals surface area contributed by atoms with Crippen LogP contribution in [0, 0.1) is 10.1 Å². The zero-order valence-electron chi connectivity index (χ0n) is 11.9. The molecule has 0 radical (unpaired) electrons. The third-order valence-electron chi connectivity index (χ3n) is 4.42. The number of aromatic amines is 1. The average Bonchev–Trinajstić information content (AvgIpc) is 2.91. The Balaban J connectivity index is 2.07. The smallest absolute Gasteiger partial charge is 0.274 e. The summed E-state index contributed by atoms with van der Waals surface area (Å²) < 4.78 is 0. The first-order valence-corrected chi connectivity index (χ1v) is 7.29. The lowest BCUT2D eigenvalue weighted by atomic mass is 9.86. The van der Waals surface area contributed by atoms with Crippen molar-refractivity contribution in [3.8, 4) is 11.3 Å². The van der Waals surface area contributed by atoms with Crippen molar-refractivity contribution in [3.63, 3.8) is 0 Å². The lowest BCUT2D eigenvalue weighted by Gasteiger charge is -2.20. The molecule has 0 saturated heterocycles. The number of rotatable bonds is 2. The third-order valence-corrected chi connectivity index (χ3v) is 4.42. The van der Waals surface area contributed by atoms with E-state index in [9.17, 15) is 10.1 Å². The highest BCUT2D eigenvalue weighted by atomic mass is 16.6. The van der Waals surface area contributed by atoms with Crippen molar-refractivity contribution in [1.82, 2.24) is 4.98 Å². The number of nitrogens with two attached hydrogens (primary N) is 1. The molecular weight excluding hydrogens is 278 g/mol. The number of nitrogens with zero attached hydrogens (tertiary/aromatic N) is 1. The van der Waals surface area contributed by atoms with Gasteiger partial charge >= 0.3 is 0 Å². The molecule has 0 aliphatic heterocycles. The van der Waals surface area contributed by atoms with E-state index in [1.165, 1.54) is 0 Å². The van der Waals surface area contributed by atoms with Crippen LogP contribution in [-0.4, -0.2) is 9.91 Å². The van der Waals surface area contributed by atoms with E-state index in [-0.39, 0.29) is 16.7 Å². The Bertz CT molecular complexity index is 884. The molecule has 0 spiro atoms. The molecular formula is C17H15N3O2. The second-order valence-electron chi connectivity index (χ2n) is 5.67. The van der Waals surface area contributed by atoms with Crippen LogP contribution in [0.2, 0.25) is 0 Å². The number of hydrogen-bond donors (Lipinski definition) is 2. The van der Waals surface area contributed by atoms with E-state index in [0.717, 1.165) is 40.6 Å². The molecule has 3 aromatic rings. The van der Waals surface area contributed by atoms with Gasteiger partial charge in [0.15, 0.2) is 0 Å². The molecule has 3 N–H and O–H groups in total. The third kappa shape index (κ3) is 1.76. The number of aryl methyl sites for hydroxylation is 1. The van der Waals surface area contributed by atoms with Crippen LogP contribution >= 0.6 is 0 Å². The zero-order valence-corrected chi connectivity index (χ0v) is 11.9. The Labute approximate surface area is 126 Å². The van der Waals surface area contributed by atoms with Crippen LogP contribution in [0.4, 0.5) is 5.69 Å². The normalized spacial score (nSPS) is 16.9. The Morgan fingerprint density at radius 1 is 1.18 bits per heavy atom. The Kier molecular flexibility index (Phi) is 2.77. The van der Waals surface area contributed by atoms with Crippen LogP contribution in [0.5, 0.6) is 0 Å². The van der Waals surface area contributed by atoms with Gasteiger partial charge in [-0.3, -0.25) is 10.1 Å². The van der Waals surface area contributed by atoms with E-state index in [2.05, 4.69) is 4.98 Å². The van der Waals surface area contributed by atoms with Gasteiger partial charge in [-0.15, -0.1) is 0 Å². The molecule has 1 aliphatic rings. The molecule has 0 fully saturated rings. The van der Waals surface area contributed by atoms with E-state index >= 15 is 0 Å². The summed E-state index contributed by atoms with van der Waals surface area (Å²) in [5.41, 5.74) is 11.2. The van der Waals surface area contributed by atoms with Gasteiger partial charge in [0.05, 0.1) is 10.5 Å². The zero-order chi connectivity index (χ0) is 15.3. The molecule has 22 heavy (non-hydrogen) atoms. The second-order valence-corrected chi connectivity index (χ2v) is 5.67. The molecule has 1 heterocycles. The van der Waals surface area contributed by atoms with E-state index < -0.39 is 0 Å². The topological polar surface area (TPSA) is 85.0 Å². The lowest BCUT2D eigenvalue weighted by Crippen LogP contribution is -2.17. The van der Waals surface area contributed by atoms with Crippen molar-refractivity contribution in [1.29, 1.82) is 0 Å². The molecule has 110 valence electrons. The molecule has 0 bridgehead atoms. The summed E-state index contributed by atoms with van der Waals surface area (Å²) in [6, 6.07) is 13.1. The van der Waals surface area contributed by atoms with Gasteiger partial charge in [-0.25, -0.2) is 0 Å². The standard InChI is InChI=1S/C17H15N3O2/c18-12-7-6-11-15-13(8-9-14(16(12)15)20(21)22)19-17(11)10-4-2-1-3-5-10/h1-5,8-9,12,19H,6-7,18H2. The first kappa shape index (κ1) is 13.0. The molecule has 0 amide bonds. The predicted octanol–water partition coefficient (Wildman–Crippen LogP) is 3.69. The maximum Gasteiger partial charge on any atom is 0.274 e. The highest BCUT2D eigenvalue weighted by Gasteiger charge is 2.30. The minimum absolute atomic E-state index is 0.125. The SMILES string of the molecule is NC1CCc2c(-c3ccccc3)[nH]c3ccc([N+](=O)[O-])c1c23. The first-order chi connectivity index (χ1) is 10.7. The largest absolute Gasteiger partial charge is 0.354 e. The highest BCUT2D eigenvalue weighted by molar-refractivity contribution is 5.96. The van der Waals surface area contributed by atoms with Crippen LogP contribution in [0.15, 0.2) is 42.5 Å². The van der Waals surface area contributed by atoms with E-state index in [1.807, 2.05) is 30.3 Å². The fraction of sp³-hybridized carbons (Fsp3) is 0.176. The number of hydrogen-bond acceptors (Lipinski definition) is 3. The molecule has 0 saturated carbocycles. The lowest BCUT2D eigenvalue weighted by molar-refractivity contribution is -0.385. The van der Waals surface area contributed by atoms with Crippen molar-refractivity contribution in [2.45, 2.75) is 18.9 Å². The summed E-state index contributed by atoms with van der Waals surface area (Å²) in [7, 11) is 0. The van der Waals surface area contributed by atoms with Gasteiger partial charge in [0.25, 0.3) is 5.69 Å². The maximum atomic E-state index is 11.3. The van der Waals surface area contributed by atoms with Crippen molar-refractivity contribution in [3.05, 3.63) is 63.7 Å². The molecule has 2 aromatic carbocycles. The Morgan fingerprint density at radius 2 is 1.95 bits per heavy atom. The summed E-state index contributed by atoms with van der Waals surface area (Å²) in [6.45, 7) is 0. The molecule has 4 rings (SSSR count). The first-order valence-electron chi connectivity index (χ1n) is 7.29. The molecule has 5 nitrogen and oxygen atoms in total. The van der Waals surface area contributed by atoms with Crippen molar-refractivity contribution >= 4 is 16.6 Å². The van der Waals surface area contributed by atoms with Crippen molar-refractivity contribution in [2.24, 2.45) is 5.73 Å². The quantitative estimate of drug-likeness (QED) is 0.558. The van der Waals surface area contributed by atoms with Gasteiger partial charge in [0, 0.05) is 28.7 Å². The van der Waals surface area contributed by atoms with E-state index in [0.29, 0.717) is 5.56 Å². The van der Waals surface area contributed by atoms with Gasteiger partial charge in [-0.05, 0) is 30.0 Å². The van der Waals surface area contributed by atoms with Gasteiger partial charge in [0.2, 0.25) is 0 Å². The number of nitro groups is 1. The molecule has 1 aliphatic carbocycles. The maximum absolute atomic E-state index is 11.3. The van der Waals surface area contributed by atoms with Crippen LogP contribution in [0.1, 0.15) is 23.6 Å². The second kappa shape index (κ2) is 4.68.